The van der Waals surface area contributed by atoms with Crippen molar-refractivity contribution in [2.45, 2.75) is 52.1 Å². The molecule has 19 heavy (non-hydrogen) atoms. The molecule has 0 spiro atoms. The van der Waals surface area contributed by atoms with E-state index in [2.05, 4.69) is 38.1 Å². The summed E-state index contributed by atoms with van der Waals surface area (Å²) in [6, 6.07) is 7.96. The lowest BCUT2D eigenvalue weighted by molar-refractivity contribution is -0.133. The number of carbonyl (C=O) groups is 1. The Hall–Kier alpha value is -1.35. The van der Waals surface area contributed by atoms with Crippen molar-refractivity contribution >= 4 is 5.91 Å². The Labute approximate surface area is 116 Å². The van der Waals surface area contributed by atoms with Gasteiger partial charge < -0.3 is 10.6 Å². The zero-order chi connectivity index (χ0) is 14.4. The summed E-state index contributed by atoms with van der Waals surface area (Å²) in [6.07, 6.45) is 2.83. The number of hydrogen-bond acceptors (Lipinski definition) is 2. The molecular weight excluding hydrogens is 236 g/mol. The second-order valence-electron chi connectivity index (χ2n) is 5.28. The van der Waals surface area contributed by atoms with Gasteiger partial charge in [-0.1, -0.05) is 49.6 Å². The van der Waals surface area contributed by atoms with E-state index < -0.39 is 0 Å². The van der Waals surface area contributed by atoms with E-state index in [0.29, 0.717) is 0 Å². The lowest BCUT2D eigenvalue weighted by atomic mass is 10.0. The molecule has 1 aromatic rings. The van der Waals surface area contributed by atoms with E-state index >= 15 is 0 Å². The molecule has 1 unspecified atom stereocenters. The first-order valence-corrected chi connectivity index (χ1v) is 7.06. The molecule has 0 aliphatic carbocycles. The van der Waals surface area contributed by atoms with Crippen LogP contribution in [0.3, 0.4) is 0 Å². The Morgan fingerprint density at radius 1 is 1.32 bits per heavy atom. The monoisotopic (exact) mass is 262 g/mol. The van der Waals surface area contributed by atoms with Gasteiger partial charge in [0.25, 0.3) is 0 Å². The Balaban J connectivity index is 2.67. The smallest absolute Gasteiger partial charge is 0.239 e. The first kappa shape index (κ1) is 15.7. The van der Waals surface area contributed by atoms with Crippen LogP contribution < -0.4 is 5.73 Å². The molecule has 3 heteroatoms. The normalized spacial score (nSPS) is 13.9. The van der Waals surface area contributed by atoms with Crippen molar-refractivity contribution in [3.8, 4) is 0 Å². The van der Waals surface area contributed by atoms with Crippen LogP contribution in [0.5, 0.6) is 0 Å². The highest BCUT2D eigenvalue weighted by atomic mass is 16.2. The quantitative estimate of drug-likeness (QED) is 0.856. The summed E-state index contributed by atoms with van der Waals surface area (Å²) in [5, 5.41) is 0. The van der Waals surface area contributed by atoms with Crippen LogP contribution in [-0.2, 0) is 4.79 Å². The van der Waals surface area contributed by atoms with Crippen LogP contribution >= 0.6 is 0 Å². The molecule has 0 heterocycles. The van der Waals surface area contributed by atoms with E-state index in [0.717, 1.165) is 24.8 Å². The number of nitrogens with zero attached hydrogens (tertiary/aromatic N) is 1. The van der Waals surface area contributed by atoms with Crippen molar-refractivity contribution in [2.24, 2.45) is 5.73 Å². The number of benzene rings is 1. The molecule has 0 aromatic heterocycles. The van der Waals surface area contributed by atoms with Gasteiger partial charge in [-0.3, -0.25) is 4.79 Å². The third-order valence-electron chi connectivity index (χ3n) is 3.67. The summed E-state index contributed by atoms with van der Waals surface area (Å²) >= 11 is 0. The number of carbonyl (C=O) groups excluding carboxylic acids is 1. The molecule has 0 saturated heterocycles. The zero-order valence-corrected chi connectivity index (χ0v) is 12.5. The third-order valence-corrected chi connectivity index (χ3v) is 3.67. The molecule has 1 amide bonds. The number of nitrogens with two attached hydrogens (primary N) is 1. The largest absolute Gasteiger partial charge is 0.338 e. The molecule has 0 bridgehead atoms. The Morgan fingerprint density at radius 2 is 1.89 bits per heavy atom. The van der Waals surface area contributed by atoms with Crippen molar-refractivity contribution in [3.05, 3.63) is 35.4 Å². The van der Waals surface area contributed by atoms with E-state index in [1.807, 2.05) is 14.0 Å². The molecule has 0 aliphatic heterocycles. The van der Waals surface area contributed by atoms with Gasteiger partial charge in [0.1, 0.15) is 0 Å². The van der Waals surface area contributed by atoms with Gasteiger partial charge in [-0.2, -0.15) is 0 Å². The summed E-state index contributed by atoms with van der Waals surface area (Å²) < 4.78 is 0. The van der Waals surface area contributed by atoms with Crippen LogP contribution in [0.2, 0.25) is 0 Å². The van der Waals surface area contributed by atoms with Gasteiger partial charge in [-0.15, -0.1) is 0 Å². The fraction of sp³-hybridized carbons (Fsp3) is 0.562. The Bertz CT molecular complexity index is 400. The Morgan fingerprint density at radius 3 is 2.42 bits per heavy atom. The second kappa shape index (κ2) is 7.29. The maximum absolute atomic E-state index is 12.2. The molecule has 3 nitrogen and oxygen atoms in total. The first-order valence-electron chi connectivity index (χ1n) is 7.06. The van der Waals surface area contributed by atoms with Gasteiger partial charge in [0, 0.05) is 7.05 Å². The van der Waals surface area contributed by atoms with E-state index in [4.69, 9.17) is 5.73 Å². The number of likely N-dealkylation sites (N-methyl/N-ethyl adjacent to an activating group) is 1. The third kappa shape index (κ3) is 4.35. The molecule has 1 rings (SSSR count). The minimum absolute atomic E-state index is 0.0292. The first-order chi connectivity index (χ1) is 8.97. The highest BCUT2D eigenvalue weighted by Gasteiger charge is 2.22. The van der Waals surface area contributed by atoms with E-state index in [1.165, 1.54) is 5.56 Å². The van der Waals surface area contributed by atoms with E-state index in [9.17, 15) is 4.79 Å². The number of rotatable bonds is 6. The van der Waals surface area contributed by atoms with Crippen LogP contribution in [0.4, 0.5) is 0 Å². The van der Waals surface area contributed by atoms with E-state index in [1.54, 1.807) is 4.90 Å². The number of aryl methyl sites for hydroxylation is 1. The molecule has 1 aromatic carbocycles. The minimum atomic E-state index is -0.377. The number of hydrogen-bond donors (Lipinski definition) is 1. The van der Waals surface area contributed by atoms with Crippen LogP contribution in [0.1, 0.15) is 50.3 Å². The molecule has 0 aliphatic rings. The maximum atomic E-state index is 12.2. The van der Waals surface area contributed by atoms with Crippen molar-refractivity contribution in [1.29, 1.82) is 0 Å². The van der Waals surface area contributed by atoms with Crippen LogP contribution in [0.15, 0.2) is 24.3 Å². The molecular formula is C16H26N2O. The van der Waals surface area contributed by atoms with Crippen molar-refractivity contribution in [1.82, 2.24) is 4.90 Å². The van der Waals surface area contributed by atoms with Gasteiger partial charge >= 0.3 is 0 Å². The highest BCUT2D eigenvalue weighted by molar-refractivity contribution is 5.81. The summed E-state index contributed by atoms with van der Waals surface area (Å²) in [4.78, 5) is 14.0. The summed E-state index contributed by atoms with van der Waals surface area (Å²) in [6.45, 7) is 6.20. The predicted molar refractivity (Wildman–Crippen MR) is 79.9 cm³/mol. The van der Waals surface area contributed by atoms with Gasteiger partial charge in [0.2, 0.25) is 5.91 Å². The SMILES string of the molecule is CCCC[C@H](N)C(=O)N(C)C(C)c1ccc(C)cc1. The fourth-order valence-electron chi connectivity index (χ4n) is 2.07. The number of unbranched alkanes of at least 4 members (excludes halogenated alkanes) is 1. The summed E-state index contributed by atoms with van der Waals surface area (Å²) in [7, 11) is 1.83. The molecule has 0 saturated carbocycles. The van der Waals surface area contributed by atoms with Crippen LogP contribution in [0, 0.1) is 6.92 Å². The summed E-state index contributed by atoms with van der Waals surface area (Å²) in [5.74, 6) is 0.0292. The topological polar surface area (TPSA) is 46.3 Å². The average molecular weight is 262 g/mol. The van der Waals surface area contributed by atoms with Gasteiger partial charge in [-0.25, -0.2) is 0 Å². The van der Waals surface area contributed by atoms with Gasteiger partial charge in [0.15, 0.2) is 0 Å². The number of amides is 1. The fourth-order valence-corrected chi connectivity index (χ4v) is 2.07. The highest BCUT2D eigenvalue weighted by Crippen LogP contribution is 2.20. The van der Waals surface area contributed by atoms with Crippen molar-refractivity contribution in [3.63, 3.8) is 0 Å². The molecule has 2 atom stereocenters. The maximum Gasteiger partial charge on any atom is 0.239 e. The molecule has 106 valence electrons. The lowest BCUT2D eigenvalue weighted by Crippen LogP contribution is -2.42. The Kier molecular flexibility index (Phi) is 6.03. The summed E-state index contributed by atoms with van der Waals surface area (Å²) in [5.41, 5.74) is 8.32. The van der Waals surface area contributed by atoms with Crippen LogP contribution in [-0.4, -0.2) is 23.9 Å². The lowest BCUT2D eigenvalue weighted by Gasteiger charge is -2.28. The van der Waals surface area contributed by atoms with Crippen molar-refractivity contribution < 1.29 is 4.79 Å². The predicted octanol–water partition coefficient (Wildman–Crippen LogP) is 3.03. The van der Waals surface area contributed by atoms with E-state index in [-0.39, 0.29) is 18.0 Å². The average Bonchev–Trinajstić information content (AvgIpc) is 2.43. The molecule has 2 N–H and O–H groups in total. The molecule has 0 fully saturated rings. The van der Waals surface area contributed by atoms with Crippen LogP contribution in [0.25, 0.3) is 0 Å². The minimum Gasteiger partial charge on any atom is -0.338 e. The van der Waals surface area contributed by atoms with Gasteiger partial charge in [0.05, 0.1) is 12.1 Å². The van der Waals surface area contributed by atoms with Gasteiger partial charge in [-0.05, 0) is 25.8 Å². The zero-order valence-electron chi connectivity index (χ0n) is 12.5. The van der Waals surface area contributed by atoms with Crippen molar-refractivity contribution in [2.75, 3.05) is 7.05 Å². The molecule has 0 radical (unpaired) electrons. The standard InChI is InChI=1S/C16H26N2O/c1-5-6-7-15(17)16(19)18(4)13(3)14-10-8-12(2)9-11-14/h8-11,13,15H,5-7,17H2,1-4H3/t13?,15-/m0/s1. The second-order valence-corrected chi connectivity index (χ2v) is 5.28.